The number of nitrogens with zero attached hydrogens (tertiary/aromatic N) is 2. The summed E-state index contributed by atoms with van der Waals surface area (Å²) in [7, 11) is 6.10. The van der Waals surface area contributed by atoms with Gasteiger partial charge in [-0.1, -0.05) is 13.3 Å². The van der Waals surface area contributed by atoms with E-state index in [-0.39, 0.29) is 5.91 Å². The van der Waals surface area contributed by atoms with E-state index in [1.165, 1.54) is 6.42 Å². The quantitative estimate of drug-likeness (QED) is 0.629. The minimum Gasteiger partial charge on any atom is -0.368 e. The SMILES string of the molecule is CCCN(CCC1CCCC1(NC)C(N)=O)CCN(C)C. The third kappa shape index (κ3) is 4.94. The van der Waals surface area contributed by atoms with Crippen LogP contribution < -0.4 is 11.1 Å². The molecular weight excluding hydrogens is 264 g/mol. The van der Waals surface area contributed by atoms with Crippen molar-refractivity contribution in [3.63, 3.8) is 0 Å². The highest BCUT2D eigenvalue weighted by atomic mass is 16.1. The van der Waals surface area contributed by atoms with Crippen LogP contribution in [0.2, 0.25) is 0 Å². The van der Waals surface area contributed by atoms with Crippen LogP contribution in [0.25, 0.3) is 0 Å². The van der Waals surface area contributed by atoms with Crippen molar-refractivity contribution >= 4 is 5.91 Å². The van der Waals surface area contributed by atoms with Crippen molar-refractivity contribution in [2.24, 2.45) is 11.7 Å². The average Bonchev–Trinajstić information content (AvgIpc) is 2.86. The highest BCUT2D eigenvalue weighted by Crippen LogP contribution is 2.37. The summed E-state index contributed by atoms with van der Waals surface area (Å²) in [6.45, 7) is 6.58. The van der Waals surface area contributed by atoms with Gasteiger partial charge in [-0.05, 0) is 65.8 Å². The molecule has 124 valence electrons. The Morgan fingerprint density at radius 2 is 2.00 bits per heavy atom. The Kier molecular flexibility index (Phi) is 7.63. The fraction of sp³-hybridized carbons (Fsp3) is 0.938. The van der Waals surface area contributed by atoms with Crippen LogP contribution in [0.15, 0.2) is 0 Å². The first kappa shape index (κ1) is 18.4. The van der Waals surface area contributed by atoms with E-state index in [0.29, 0.717) is 5.92 Å². The van der Waals surface area contributed by atoms with Gasteiger partial charge in [-0.3, -0.25) is 4.79 Å². The van der Waals surface area contributed by atoms with Crippen LogP contribution in [-0.2, 0) is 4.79 Å². The van der Waals surface area contributed by atoms with Gasteiger partial charge in [0.05, 0.1) is 0 Å². The van der Waals surface area contributed by atoms with Crippen molar-refractivity contribution in [1.29, 1.82) is 0 Å². The molecule has 0 radical (unpaired) electrons. The summed E-state index contributed by atoms with van der Waals surface area (Å²) < 4.78 is 0. The molecule has 0 spiro atoms. The monoisotopic (exact) mass is 298 g/mol. The topological polar surface area (TPSA) is 61.6 Å². The molecule has 0 aromatic heterocycles. The van der Waals surface area contributed by atoms with Crippen LogP contribution in [0.4, 0.5) is 0 Å². The lowest BCUT2D eigenvalue weighted by molar-refractivity contribution is -0.125. The van der Waals surface area contributed by atoms with Crippen molar-refractivity contribution in [3.05, 3.63) is 0 Å². The van der Waals surface area contributed by atoms with Crippen molar-refractivity contribution < 1.29 is 4.79 Å². The summed E-state index contributed by atoms with van der Waals surface area (Å²) in [5, 5.41) is 3.23. The maximum Gasteiger partial charge on any atom is 0.238 e. The van der Waals surface area contributed by atoms with Crippen molar-refractivity contribution in [1.82, 2.24) is 15.1 Å². The molecule has 1 amide bonds. The summed E-state index contributed by atoms with van der Waals surface area (Å²) in [6.07, 6.45) is 5.31. The Morgan fingerprint density at radius 3 is 2.52 bits per heavy atom. The van der Waals surface area contributed by atoms with Crippen LogP contribution in [0, 0.1) is 5.92 Å². The molecule has 0 bridgehead atoms. The number of carbonyl (C=O) groups is 1. The Morgan fingerprint density at radius 1 is 1.29 bits per heavy atom. The number of hydrogen-bond donors (Lipinski definition) is 2. The zero-order valence-electron chi connectivity index (χ0n) is 14.3. The Bertz CT molecular complexity index is 321. The molecule has 1 aliphatic rings. The number of hydrogen-bond acceptors (Lipinski definition) is 4. The lowest BCUT2D eigenvalue weighted by atomic mass is 9.84. The molecule has 2 unspecified atom stereocenters. The second kappa shape index (κ2) is 8.71. The minimum atomic E-state index is -0.473. The van der Waals surface area contributed by atoms with Gasteiger partial charge in [0.15, 0.2) is 0 Å². The first-order valence-electron chi connectivity index (χ1n) is 8.32. The van der Waals surface area contributed by atoms with Crippen LogP contribution in [0.1, 0.15) is 39.0 Å². The molecule has 3 N–H and O–H groups in total. The molecule has 0 saturated heterocycles. The van der Waals surface area contributed by atoms with Crippen molar-refractivity contribution in [3.8, 4) is 0 Å². The number of nitrogens with two attached hydrogens (primary N) is 1. The van der Waals surface area contributed by atoms with E-state index in [1.54, 1.807) is 0 Å². The molecule has 1 fully saturated rings. The number of nitrogens with one attached hydrogen (secondary N) is 1. The molecule has 0 aromatic carbocycles. The van der Waals surface area contributed by atoms with Crippen molar-refractivity contribution in [2.75, 3.05) is 47.3 Å². The third-order valence-electron chi connectivity index (χ3n) is 4.90. The van der Waals surface area contributed by atoms with E-state index >= 15 is 0 Å². The predicted molar refractivity (Wildman–Crippen MR) is 88.2 cm³/mol. The molecule has 0 aliphatic heterocycles. The minimum absolute atomic E-state index is 0.178. The normalized spacial score (nSPS) is 25.9. The predicted octanol–water partition coefficient (Wildman–Crippen LogP) is 0.894. The number of rotatable bonds is 10. The van der Waals surface area contributed by atoms with Crippen LogP contribution in [-0.4, -0.2) is 68.6 Å². The van der Waals surface area contributed by atoms with Gasteiger partial charge in [0, 0.05) is 13.1 Å². The summed E-state index contributed by atoms with van der Waals surface area (Å²) in [5.74, 6) is 0.196. The highest BCUT2D eigenvalue weighted by Gasteiger charge is 2.46. The van der Waals surface area contributed by atoms with Gasteiger partial charge in [-0.15, -0.1) is 0 Å². The summed E-state index contributed by atoms with van der Waals surface area (Å²) in [4.78, 5) is 16.6. The fourth-order valence-electron chi connectivity index (χ4n) is 3.58. The Labute approximate surface area is 130 Å². The van der Waals surface area contributed by atoms with Crippen LogP contribution >= 0.6 is 0 Å². The van der Waals surface area contributed by atoms with E-state index in [9.17, 15) is 4.79 Å². The molecule has 1 aliphatic carbocycles. The number of primary amides is 1. The maximum atomic E-state index is 11.9. The smallest absolute Gasteiger partial charge is 0.238 e. The van der Waals surface area contributed by atoms with E-state index < -0.39 is 5.54 Å². The second-order valence-electron chi connectivity index (χ2n) is 6.61. The van der Waals surface area contributed by atoms with Gasteiger partial charge in [0.1, 0.15) is 5.54 Å². The maximum absolute atomic E-state index is 11.9. The molecule has 1 rings (SSSR count). The lowest BCUT2D eigenvalue weighted by Gasteiger charge is -2.34. The molecule has 5 nitrogen and oxygen atoms in total. The number of amides is 1. The molecule has 0 aromatic rings. The van der Waals surface area contributed by atoms with Gasteiger partial charge >= 0.3 is 0 Å². The fourth-order valence-corrected chi connectivity index (χ4v) is 3.58. The zero-order chi connectivity index (χ0) is 15.9. The Hall–Kier alpha value is -0.650. The van der Waals surface area contributed by atoms with E-state index in [4.69, 9.17) is 5.73 Å². The van der Waals surface area contributed by atoms with E-state index in [2.05, 4.69) is 36.1 Å². The lowest BCUT2D eigenvalue weighted by Crippen LogP contribution is -2.57. The van der Waals surface area contributed by atoms with Gasteiger partial charge in [-0.25, -0.2) is 0 Å². The zero-order valence-corrected chi connectivity index (χ0v) is 14.3. The number of likely N-dealkylation sites (N-methyl/N-ethyl adjacent to an activating group) is 2. The van der Waals surface area contributed by atoms with Gasteiger partial charge in [-0.2, -0.15) is 0 Å². The summed E-state index contributed by atoms with van der Waals surface area (Å²) in [6, 6.07) is 0. The third-order valence-corrected chi connectivity index (χ3v) is 4.90. The summed E-state index contributed by atoms with van der Waals surface area (Å²) >= 11 is 0. The second-order valence-corrected chi connectivity index (χ2v) is 6.61. The highest BCUT2D eigenvalue weighted by molar-refractivity contribution is 5.85. The molecule has 1 saturated carbocycles. The molecule has 21 heavy (non-hydrogen) atoms. The average molecular weight is 298 g/mol. The van der Waals surface area contributed by atoms with Gasteiger partial charge in [0.25, 0.3) is 0 Å². The van der Waals surface area contributed by atoms with Gasteiger partial charge in [0.2, 0.25) is 5.91 Å². The van der Waals surface area contributed by atoms with E-state index in [1.807, 2.05) is 7.05 Å². The largest absolute Gasteiger partial charge is 0.368 e. The summed E-state index contributed by atoms with van der Waals surface area (Å²) in [5.41, 5.74) is 5.20. The van der Waals surface area contributed by atoms with Crippen LogP contribution in [0.3, 0.4) is 0 Å². The van der Waals surface area contributed by atoms with Gasteiger partial charge < -0.3 is 20.9 Å². The number of carbonyl (C=O) groups excluding carboxylic acids is 1. The molecule has 5 heteroatoms. The first-order valence-corrected chi connectivity index (χ1v) is 8.32. The standard InChI is InChI=1S/C16H34N4O/c1-5-10-20(13-12-19(3)4)11-8-14-7-6-9-16(14,18-2)15(17)21/h14,18H,5-13H2,1-4H3,(H2,17,21). The molecule has 2 atom stereocenters. The Balaban J connectivity index is 2.55. The first-order chi connectivity index (χ1) is 9.96. The van der Waals surface area contributed by atoms with Crippen molar-refractivity contribution in [2.45, 2.75) is 44.6 Å². The van der Waals surface area contributed by atoms with Crippen LogP contribution in [0.5, 0.6) is 0 Å². The molecular formula is C16H34N4O. The van der Waals surface area contributed by atoms with E-state index in [0.717, 1.165) is 51.9 Å². The molecule has 0 heterocycles.